The summed E-state index contributed by atoms with van der Waals surface area (Å²) in [6.45, 7) is 6.84. The number of anilines is 3. The number of rotatable bonds is 8. The monoisotopic (exact) mass is 531 g/mol. The third-order valence-corrected chi connectivity index (χ3v) is 6.56. The number of carbonyl (C=O) groups is 3. The van der Waals surface area contributed by atoms with Crippen LogP contribution < -0.4 is 15.5 Å². The number of hydrogen-bond acceptors (Lipinski definition) is 4. The first-order valence-electron chi connectivity index (χ1n) is 13.1. The van der Waals surface area contributed by atoms with Crippen LogP contribution in [0.2, 0.25) is 0 Å². The number of urea groups is 1. The van der Waals surface area contributed by atoms with Gasteiger partial charge in [0.25, 0.3) is 5.91 Å². The second-order valence-electron chi connectivity index (χ2n) is 9.60. The average molecular weight is 532 g/mol. The second-order valence-corrected chi connectivity index (χ2v) is 9.60. The Hall–Kier alpha value is -4.40. The van der Waals surface area contributed by atoms with Crippen molar-refractivity contribution in [2.75, 3.05) is 54.8 Å². The molecule has 1 fully saturated rings. The lowest BCUT2D eigenvalue weighted by atomic mass is 10.2. The van der Waals surface area contributed by atoms with Crippen molar-refractivity contribution in [2.24, 2.45) is 0 Å². The van der Waals surface area contributed by atoms with Gasteiger partial charge in [-0.3, -0.25) is 9.59 Å². The van der Waals surface area contributed by atoms with Gasteiger partial charge in [0.1, 0.15) is 12.4 Å². The van der Waals surface area contributed by atoms with Crippen molar-refractivity contribution >= 4 is 34.9 Å². The molecule has 0 atom stereocenters. The maximum atomic E-state index is 13.2. The number of hydrogen-bond donors (Lipinski definition) is 2. The quantitative estimate of drug-likeness (QED) is 0.430. The predicted molar refractivity (Wildman–Crippen MR) is 152 cm³/mol. The summed E-state index contributed by atoms with van der Waals surface area (Å²) in [5.74, 6) is -1.03. The summed E-state index contributed by atoms with van der Waals surface area (Å²) < 4.78 is 13.2. The largest absolute Gasteiger partial charge is 0.368 e. The molecule has 3 aromatic carbocycles. The molecule has 0 radical (unpaired) electrons. The van der Waals surface area contributed by atoms with Crippen molar-refractivity contribution < 1.29 is 18.8 Å². The molecule has 0 spiro atoms. The van der Waals surface area contributed by atoms with E-state index in [0.29, 0.717) is 50.4 Å². The molecule has 1 aliphatic rings. The van der Waals surface area contributed by atoms with Gasteiger partial charge in [-0.05, 0) is 79.6 Å². The van der Waals surface area contributed by atoms with E-state index in [0.717, 1.165) is 16.9 Å². The van der Waals surface area contributed by atoms with Crippen molar-refractivity contribution in [2.45, 2.75) is 20.3 Å². The number of piperazine rings is 1. The van der Waals surface area contributed by atoms with E-state index in [1.165, 1.54) is 29.2 Å². The molecule has 4 rings (SSSR count). The minimum Gasteiger partial charge on any atom is -0.368 e. The smallest absolute Gasteiger partial charge is 0.321 e. The topological polar surface area (TPSA) is 85.0 Å². The van der Waals surface area contributed by atoms with Crippen LogP contribution in [0.25, 0.3) is 0 Å². The van der Waals surface area contributed by atoms with E-state index in [1.807, 2.05) is 67.3 Å². The Bertz CT molecular complexity index is 1290. The van der Waals surface area contributed by atoms with E-state index in [1.54, 1.807) is 0 Å². The minimum absolute atomic E-state index is 0.0988. The molecular formula is C30H34FN5O3. The normalized spacial score (nSPS) is 13.1. The van der Waals surface area contributed by atoms with Crippen molar-refractivity contribution in [3.63, 3.8) is 0 Å². The molecule has 0 aliphatic carbocycles. The standard InChI is InChI=1S/C30H34FN5O3/c1-3-15-36(29(38)23-7-9-24(31)10-8-23)21-28(37)32-25-11-13-27(14-12-25)34-16-18-35(19-17-34)30(39)33-26-6-4-5-22(2)20-26/h4-14,20H,3,15-19,21H2,1-2H3,(H,32,37)(H,33,39). The number of nitrogens with zero attached hydrogens (tertiary/aromatic N) is 3. The minimum atomic E-state index is -0.416. The lowest BCUT2D eigenvalue weighted by molar-refractivity contribution is -0.116. The maximum absolute atomic E-state index is 13.2. The zero-order valence-corrected chi connectivity index (χ0v) is 22.3. The summed E-state index contributed by atoms with van der Waals surface area (Å²) in [5.41, 5.74) is 3.86. The highest BCUT2D eigenvalue weighted by Gasteiger charge is 2.22. The lowest BCUT2D eigenvalue weighted by Gasteiger charge is -2.36. The van der Waals surface area contributed by atoms with Crippen LogP contribution >= 0.6 is 0 Å². The summed E-state index contributed by atoms with van der Waals surface area (Å²) in [6.07, 6.45) is 0.690. The van der Waals surface area contributed by atoms with E-state index < -0.39 is 5.82 Å². The molecule has 39 heavy (non-hydrogen) atoms. The van der Waals surface area contributed by atoms with E-state index in [2.05, 4.69) is 15.5 Å². The summed E-state index contributed by atoms with van der Waals surface area (Å²) >= 11 is 0. The molecule has 4 amide bonds. The zero-order chi connectivity index (χ0) is 27.8. The van der Waals surface area contributed by atoms with Gasteiger partial charge in [0.05, 0.1) is 0 Å². The van der Waals surface area contributed by atoms with Crippen molar-refractivity contribution in [3.8, 4) is 0 Å². The molecule has 3 aromatic rings. The molecule has 0 unspecified atom stereocenters. The molecular weight excluding hydrogens is 497 g/mol. The van der Waals surface area contributed by atoms with Gasteiger partial charge in [-0.15, -0.1) is 0 Å². The SMILES string of the molecule is CCCN(CC(=O)Nc1ccc(N2CCN(C(=O)Nc3cccc(C)c3)CC2)cc1)C(=O)c1ccc(F)cc1. The first kappa shape index (κ1) is 27.6. The fourth-order valence-electron chi connectivity index (χ4n) is 4.52. The number of halogens is 1. The highest BCUT2D eigenvalue weighted by molar-refractivity contribution is 5.99. The molecule has 0 bridgehead atoms. The van der Waals surface area contributed by atoms with Crippen LogP contribution in [-0.4, -0.2) is 66.9 Å². The molecule has 2 N–H and O–H groups in total. The van der Waals surface area contributed by atoms with Crippen LogP contribution in [0, 0.1) is 12.7 Å². The Morgan fingerprint density at radius 3 is 2.21 bits per heavy atom. The number of carbonyl (C=O) groups excluding carboxylic acids is 3. The van der Waals surface area contributed by atoms with E-state index in [9.17, 15) is 18.8 Å². The molecule has 204 valence electrons. The first-order chi connectivity index (χ1) is 18.8. The number of benzene rings is 3. The van der Waals surface area contributed by atoms with Crippen LogP contribution in [0.4, 0.5) is 26.2 Å². The number of amides is 4. The van der Waals surface area contributed by atoms with Crippen molar-refractivity contribution in [3.05, 3.63) is 89.7 Å². The third-order valence-electron chi connectivity index (χ3n) is 6.56. The van der Waals surface area contributed by atoms with Crippen LogP contribution in [0.1, 0.15) is 29.3 Å². The lowest BCUT2D eigenvalue weighted by Crippen LogP contribution is -2.50. The van der Waals surface area contributed by atoms with Crippen LogP contribution in [-0.2, 0) is 4.79 Å². The second kappa shape index (κ2) is 12.9. The average Bonchev–Trinajstić information content (AvgIpc) is 2.93. The van der Waals surface area contributed by atoms with Gasteiger partial charge in [-0.25, -0.2) is 9.18 Å². The number of nitrogens with one attached hydrogen (secondary N) is 2. The molecule has 1 aliphatic heterocycles. The Morgan fingerprint density at radius 1 is 0.872 bits per heavy atom. The van der Waals surface area contributed by atoms with Gasteiger partial charge in [0, 0.05) is 55.3 Å². The fraction of sp³-hybridized carbons (Fsp3) is 0.300. The van der Waals surface area contributed by atoms with E-state index >= 15 is 0 Å². The predicted octanol–water partition coefficient (Wildman–Crippen LogP) is 4.98. The summed E-state index contributed by atoms with van der Waals surface area (Å²) in [5, 5.41) is 5.81. The summed E-state index contributed by atoms with van der Waals surface area (Å²) in [7, 11) is 0. The zero-order valence-electron chi connectivity index (χ0n) is 22.3. The van der Waals surface area contributed by atoms with Crippen molar-refractivity contribution in [1.29, 1.82) is 0 Å². The van der Waals surface area contributed by atoms with Crippen molar-refractivity contribution in [1.82, 2.24) is 9.80 Å². The molecule has 9 heteroatoms. The number of aryl methyl sites for hydroxylation is 1. The van der Waals surface area contributed by atoms with Gasteiger partial charge in [0.15, 0.2) is 0 Å². The summed E-state index contributed by atoms with van der Waals surface area (Å²) in [6, 6.07) is 20.5. The molecule has 8 nitrogen and oxygen atoms in total. The highest BCUT2D eigenvalue weighted by atomic mass is 19.1. The molecule has 0 saturated carbocycles. The molecule has 1 saturated heterocycles. The van der Waals surface area contributed by atoms with Gasteiger partial charge >= 0.3 is 6.03 Å². The van der Waals surface area contributed by atoms with Gasteiger partial charge in [-0.1, -0.05) is 19.1 Å². The Labute approximate surface area is 228 Å². The van der Waals surface area contributed by atoms with Gasteiger partial charge < -0.3 is 25.3 Å². The van der Waals surface area contributed by atoms with Crippen LogP contribution in [0.3, 0.4) is 0 Å². The van der Waals surface area contributed by atoms with Gasteiger partial charge in [0.2, 0.25) is 5.91 Å². The van der Waals surface area contributed by atoms with E-state index in [-0.39, 0.29) is 24.4 Å². The Kier molecular flexibility index (Phi) is 9.14. The van der Waals surface area contributed by atoms with Crippen LogP contribution in [0.5, 0.6) is 0 Å². The Morgan fingerprint density at radius 2 is 1.56 bits per heavy atom. The first-order valence-corrected chi connectivity index (χ1v) is 13.1. The summed E-state index contributed by atoms with van der Waals surface area (Å²) in [4.78, 5) is 43.6. The Balaban J connectivity index is 1.27. The maximum Gasteiger partial charge on any atom is 0.321 e. The van der Waals surface area contributed by atoms with Gasteiger partial charge in [-0.2, -0.15) is 0 Å². The fourth-order valence-corrected chi connectivity index (χ4v) is 4.52. The molecule has 1 heterocycles. The van der Waals surface area contributed by atoms with Crippen LogP contribution in [0.15, 0.2) is 72.8 Å². The highest BCUT2D eigenvalue weighted by Crippen LogP contribution is 2.20. The third kappa shape index (κ3) is 7.56. The molecule has 0 aromatic heterocycles. The van der Waals surface area contributed by atoms with E-state index in [4.69, 9.17) is 0 Å².